The molecular weight excluding hydrogens is 482 g/mol. The maximum Gasteiger partial charge on any atom is 0.273 e. The van der Waals surface area contributed by atoms with Crippen LogP contribution in [0, 0.1) is 17.0 Å². The Labute approximate surface area is 190 Å². The summed E-state index contributed by atoms with van der Waals surface area (Å²) in [4.78, 5) is 34.7. The van der Waals surface area contributed by atoms with Crippen LogP contribution in [0.25, 0.3) is 10.2 Å². The van der Waals surface area contributed by atoms with Crippen LogP contribution in [-0.4, -0.2) is 31.9 Å². The second kappa shape index (κ2) is 8.94. The Bertz CT molecular complexity index is 1260. The third-order valence-electron chi connectivity index (χ3n) is 4.90. The van der Waals surface area contributed by atoms with Gasteiger partial charge in [0.25, 0.3) is 11.6 Å². The fourth-order valence-corrected chi connectivity index (χ4v) is 4.86. The second-order valence-electron chi connectivity index (χ2n) is 6.93. The lowest BCUT2D eigenvalue weighted by atomic mass is 10.1. The van der Waals surface area contributed by atoms with E-state index in [2.05, 4.69) is 25.9 Å². The molecule has 2 aromatic carbocycles. The Balaban J connectivity index is 1.69. The molecule has 4 rings (SSSR count). The topological polar surface area (TPSA) is 94.2 Å². The van der Waals surface area contributed by atoms with E-state index in [1.54, 1.807) is 30.4 Å². The van der Waals surface area contributed by atoms with E-state index in [9.17, 15) is 14.9 Å². The number of imidazole rings is 1. The van der Waals surface area contributed by atoms with Gasteiger partial charge < -0.3 is 4.57 Å². The van der Waals surface area contributed by atoms with Crippen LogP contribution in [0.5, 0.6) is 0 Å². The minimum absolute atomic E-state index is 0.0718. The quantitative estimate of drug-likeness (QED) is 0.257. The molecule has 0 fully saturated rings. The van der Waals surface area contributed by atoms with Gasteiger partial charge in [-0.05, 0) is 37.6 Å². The highest BCUT2D eigenvalue weighted by Crippen LogP contribution is 2.32. The van der Waals surface area contributed by atoms with Gasteiger partial charge in [0.2, 0.25) is 0 Å². The molecular formula is C21H18BrN5O3S. The fraction of sp³-hybridized carbons (Fsp3) is 0.190. The van der Waals surface area contributed by atoms with Gasteiger partial charge in [0.15, 0.2) is 5.13 Å². The molecule has 2 aromatic heterocycles. The monoisotopic (exact) mass is 499 g/mol. The van der Waals surface area contributed by atoms with Crippen molar-refractivity contribution in [2.24, 2.45) is 0 Å². The number of fused-ring (bicyclic) bond motifs is 1. The Morgan fingerprint density at radius 3 is 2.90 bits per heavy atom. The summed E-state index contributed by atoms with van der Waals surface area (Å²) in [5.74, 6) is -0.301. The molecule has 0 N–H and O–H groups in total. The lowest BCUT2D eigenvalue weighted by molar-refractivity contribution is -0.385. The highest BCUT2D eigenvalue weighted by molar-refractivity contribution is 9.10. The minimum Gasteiger partial charge on any atom is -0.337 e. The van der Waals surface area contributed by atoms with Gasteiger partial charge in [0, 0.05) is 47.1 Å². The number of amides is 1. The van der Waals surface area contributed by atoms with Crippen LogP contribution < -0.4 is 4.90 Å². The average molecular weight is 500 g/mol. The number of hydrogen-bond donors (Lipinski definition) is 0. The zero-order valence-electron chi connectivity index (χ0n) is 16.6. The van der Waals surface area contributed by atoms with Crippen LogP contribution in [0.15, 0.2) is 59.6 Å². The summed E-state index contributed by atoms with van der Waals surface area (Å²) in [5, 5.41) is 11.9. The summed E-state index contributed by atoms with van der Waals surface area (Å²) in [5.41, 5.74) is 1.38. The minimum atomic E-state index is -0.468. The normalized spacial score (nSPS) is 11.0. The van der Waals surface area contributed by atoms with Crippen molar-refractivity contribution in [3.63, 3.8) is 0 Å². The van der Waals surface area contributed by atoms with Crippen molar-refractivity contribution >= 4 is 54.2 Å². The Kier molecular flexibility index (Phi) is 6.10. The maximum absolute atomic E-state index is 13.5. The van der Waals surface area contributed by atoms with E-state index in [4.69, 9.17) is 0 Å². The highest BCUT2D eigenvalue weighted by atomic mass is 79.9. The predicted molar refractivity (Wildman–Crippen MR) is 124 cm³/mol. The molecule has 4 aromatic rings. The number of benzene rings is 2. The van der Waals surface area contributed by atoms with E-state index in [1.165, 1.54) is 23.5 Å². The third-order valence-corrected chi connectivity index (χ3v) is 6.44. The first-order chi connectivity index (χ1) is 14.9. The highest BCUT2D eigenvalue weighted by Gasteiger charge is 2.25. The van der Waals surface area contributed by atoms with E-state index >= 15 is 0 Å². The number of aryl methyl sites for hydroxylation is 1. The molecule has 0 aliphatic rings. The molecule has 2 heterocycles. The lowest BCUT2D eigenvalue weighted by Crippen LogP contribution is -2.33. The lowest BCUT2D eigenvalue weighted by Gasteiger charge is -2.21. The van der Waals surface area contributed by atoms with Gasteiger partial charge in [-0.2, -0.15) is 0 Å². The molecule has 0 atom stereocenters. The first-order valence-electron chi connectivity index (χ1n) is 9.52. The summed E-state index contributed by atoms with van der Waals surface area (Å²) >= 11 is 4.88. The maximum atomic E-state index is 13.5. The van der Waals surface area contributed by atoms with Crippen LogP contribution in [-0.2, 0) is 6.54 Å². The zero-order valence-corrected chi connectivity index (χ0v) is 19.0. The summed E-state index contributed by atoms with van der Waals surface area (Å²) < 4.78 is 3.83. The van der Waals surface area contributed by atoms with Gasteiger partial charge in [-0.1, -0.05) is 33.3 Å². The van der Waals surface area contributed by atoms with Gasteiger partial charge in [-0.15, -0.1) is 0 Å². The number of carbonyl (C=O) groups excluding carboxylic acids is 1. The van der Waals surface area contributed by atoms with Crippen LogP contribution in [0.4, 0.5) is 10.8 Å². The van der Waals surface area contributed by atoms with E-state index in [-0.39, 0.29) is 11.6 Å². The van der Waals surface area contributed by atoms with Crippen LogP contribution in [0.3, 0.4) is 0 Å². The Morgan fingerprint density at radius 2 is 2.16 bits per heavy atom. The number of hydrogen-bond acceptors (Lipinski definition) is 6. The van der Waals surface area contributed by atoms with Crippen molar-refractivity contribution in [3.05, 3.63) is 80.8 Å². The molecule has 158 valence electrons. The summed E-state index contributed by atoms with van der Waals surface area (Å²) in [7, 11) is 0. The fourth-order valence-electron chi connectivity index (χ4n) is 3.31. The second-order valence-corrected chi connectivity index (χ2v) is 8.85. The largest absolute Gasteiger partial charge is 0.337 e. The summed E-state index contributed by atoms with van der Waals surface area (Å²) in [6.07, 6.45) is 5.98. The third kappa shape index (κ3) is 4.49. The van der Waals surface area contributed by atoms with E-state index < -0.39 is 4.92 Å². The van der Waals surface area contributed by atoms with E-state index in [0.29, 0.717) is 35.8 Å². The molecule has 31 heavy (non-hydrogen) atoms. The molecule has 0 aliphatic heterocycles. The molecule has 0 saturated carbocycles. The first-order valence-corrected chi connectivity index (χ1v) is 11.1. The SMILES string of the molecule is Cc1c(C(=O)N(CCCn2ccnc2)c2nc3ccc(Br)cc3s2)cccc1[N+](=O)[O-]. The van der Waals surface area contributed by atoms with Gasteiger partial charge in [-0.3, -0.25) is 19.8 Å². The number of rotatable bonds is 7. The van der Waals surface area contributed by atoms with Crippen molar-refractivity contribution in [2.75, 3.05) is 11.4 Å². The van der Waals surface area contributed by atoms with Gasteiger partial charge in [-0.25, -0.2) is 9.97 Å². The van der Waals surface area contributed by atoms with Gasteiger partial charge in [0.1, 0.15) is 0 Å². The number of thiazole rings is 1. The molecule has 0 spiro atoms. The van der Waals surface area contributed by atoms with Gasteiger partial charge >= 0.3 is 0 Å². The molecule has 0 saturated heterocycles. The van der Waals surface area contributed by atoms with E-state index in [0.717, 1.165) is 14.7 Å². The molecule has 10 heteroatoms. The number of nitro groups is 1. The molecule has 1 amide bonds. The van der Waals surface area contributed by atoms with Crippen LogP contribution in [0.1, 0.15) is 22.3 Å². The van der Waals surface area contributed by atoms with Crippen molar-refractivity contribution in [2.45, 2.75) is 19.9 Å². The molecule has 0 aliphatic carbocycles. The van der Waals surface area contributed by atoms with Crippen molar-refractivity contribution in [1.29, 1.82) is 0 Å². The summed E-state index contributed by atoms with van der Waals surface area (Å²) in [6, 6.07) is 10.3. The van der Waals surface area contributed by atoms with Crippen LogP contribution in [0.2, 0.25) is 0 Å². The first kappa shape index (κ1) is 21.1. The number of anilines is 1. The number of nitro benzene ring substituents is 1. The summed E-state index contributed by atoms with van der Waals surface area (Å²) in [6.45, 7) is 2.71. The van der Waals surface area contributed by atoms with Crippen molar-refractivity contribution < 1.29 is 9.72 Å². The van der Waals surface area contributed by atoms with E-state index in [1.807, 2.05) is 29.0 Å². The average Bonchev–Trinajstić information content (AvgIpc) is 3.40. The predicted octanol–water partition coefficient (Wildman–Crippen LogP) is 5.21. The van der Waals surface area contributed by atoms with Crippen molar-refractivity contribution in [3.8, 4) is 0 Å². The molecule has 0 radical (unpaired) electrons. The number of nitrogens with zero attached hydrogens (tertiary/aromatic N) is 5. The zero-order chi connectivity index (χ0) is 22.0. The Hall–Kier alpha value is -3.11. The van der Waals surface area contributed by atoms with Gasteiger partial charge in [0.05, 0.1) is 21.5 Å². The number of halogens is 1. The van der Waals surface area contributed by atoms with Crippen molar-refractivity contribution in [1.82, 2.24) is 14.5 Å². The standard InChI is InChI=1S/C21H18BrN5O3S/c1-14-16(4-2-5-18(14)27(29)30)20(28)26(10-3-9-25-11-8-23-13-25)21-24-17-7-6-15(22)12-19(17)31-21/h2,4-8,11-13H,3,9-10H2,1H3. The molecule has 0 unspecified atom stereocenters. The molecule has 0 bridgehead atoms. The smallest absolute Gasteiger partial charge is 0.273 e. The molecule has 8 nitrogen and oxygen atoms in total. The Morgan fingerprint density at radius 1 is 1.32 bits per heavy atom. The van der Waals surface area contributed by atoms with Crippen LogP contribution >= 0.6 is 27.3 Å². The number of aromatic nitrogens is 3. The number of carbonyl (C=O) groups is 1.